The summed E-state index contributed by atoms with van der Waals surface area (Å²) in [6.07, 6.45) is 2.84. The molecule has 0 bridgehead atoms. The van der Waals surface area contributed by atoms with E-state index in [4.69, 9.17) is 0 Å². The van der Waals surface area contributed by atoms with Crippen LogP contribution in [0.3, 0.4) is 0 Å². The Labute approximate surface area is 137 Å². The first-order valence-electron chi connectivity index (χ1n) is 8.11. The molecule has 122 valence electrons. The summed E-state index contributed by atoms with van der Waals surface area (Å²) >= 11 is 0. The number of carbonyl (C=O) groups is 1. The second-order valence-electron chi connectivity index (χ2n) is 6.46. The molecule has 0 radical (unpaired) electrons. The number of aromatic amines is 1. The third-order valence-corrected chi connectivity index (χ3v) is 4.75. The normalized spacial score (nSPS) is 15.3. The molecule has 1 aliphatic carbocycles. The molecule has 1 aromatic carbocycles. The van der Waals surface area contributed by atoms with Crippen LogP contribution in [-0.2, 0) is 12.0 Å². The van der Waals surface area contributed by atoms with Crippen LogP contribution in [0.2, 0.25) is 0 Å². The summed E-state index contributed by atoms with van der Waals surface area (Å²) < 4.78 is 0. The van der Waals surface area contributed by atoms with Gasteiger partial charge in [-0.15, -0.1) is 0 Å². The van der Waals surface area contributed by atoms with Crippen LogP contribution in [0, 0.1) is 13.8 Å². The highest BCUT2D eigenvalue weighted by Crippen LogP contribution is 2.45. The van der Waals surface area contributed by atoms with Gasteiger partial charge in [-0.1, -0.05) is 30.3 Å². The number of amides is 2. The fraction of sp³-hybridized carbons (Fsp3) is 0.444. The van der Waals surface area contributed by atoms with Crippen LogP contribution < -0.4 is 5.32 Å². The molecule has 0 aliphatic heterocycles. The monoisotopic (exact) mass is 312 g/mol. The molecule has 1 aromatic heterocycles. The molecule has 1 saturated carbocycles. The minimum Gasteiger partial charge on any atom is -0.328 e. The number of hydrogen-bond acceptors (Lipinski definition) is 2. The maximum absolute atomic E-state index is 12.5. The number of rotatable bonds is 5. The number of benzene rings is 1. The van der Waals surface area contributed by atoms with Crippen molar-refractivity contribution >= 4 is 6.03 Å². The van der Waals surface area contributed by atoms with Gasteiger partial charge in [-0.2, -0.15) is 5.10 Å². The number of H-pyrrole nitrogens is 1. The van der Waals surface area contributed by atoms with E-state index in [1.54, 1.807) is 4.90 Å². The van der Waals surface area contributed by atoms with Gasteiger partial charge in [0.2, 0.25) is 0 Å². The Kier molecular flexibility index (Phi) is 4.11. The van der Waals surface area contributed by atoms with Crippen LogP contribution >= 0.6 is 0 Å². The summed E-state index contributed by atoms with van der Waals surface area (Å²) in [5.74, 6) is 0. The zero-order valence-electron chi connectivity index (χ0n) is 14.0. The van der Waals surface area contributed by atoms with Crippen LogP contribution in [0.5, 0.6) is 0 Å². The number of nitrogens with one attached hydrogen (secondary N) is 2. The Morgan fingerprint density at radius 3 is 2.57 bits per heavy atom. The highest BCUT2D eigenvalue weighted by atomic mass is 16.2. The van der Waals surface area contributed by atoms with Gasteiger partial charge in [0.1, 0.15) is 0 Å². The van der Waals surface area contributed by atoms with E-state index in [1.165, 1.54) is 11.1 Å². The van der Waals surface area contributed by atoms with Gasteiger partial charge in [0.15, 0.2) is 0 Å². The van der Waals surface area contributed by atoms with Gasteiger partial charge in [0.05, 0.1) is 11.2 Å². The molecule has 5 heteroatoms. The Bertz CT molecular complexity index is 669. The van der Waals surface area contributed by atoms with E-state index >= 15 is 0 Å². The molecule has 1 fully saturated rings. The molecule has 0 atom stereocenters. The van der Waals surface area contributed by atoms with E-state index in [2.05, 4.69) is 27.6 Å². The first-order valence-corrected chi connectivity index (χ1v) is 8.11. The Hall–Kier alpha value is -2.30. The van der Waals surface area contributed by atoms with Crippen molar-refractivity contribution in [3.63, 3.8) is 0 Å². The Balaban J connectivity index is 1.58. The molecular weight excluding hydrogens is 288 g/mol. The van der Waals surface area contributed by atoms with Crippen molar-refractivity contribution in [3.05, 3.63) is 52.8 Å². The lowest BCUT2D eigenvalue weighted by molar-refractivity contribution is 0.203. The predicted molar refractivity (Wildman–Crippen MR) is 90.3 cm³/mol. The summed E-state index contributed by atoms with van der Waals surface area (Å²) in [5.41, 5.74) is 4.34. The van der Waals surface area contributed by atoms with E-state index in [9.17, 15) is 4.79 Å². The lowest BCUT2D eigenvalue weighted by Crippen LogP contribution is -2.43. The fourth-order valence-electron chi connectivity index (χ4n) is 2.99. The van der Waals surface area contributed by atoms with Crippen LogP contribution in [0.15, 0.2) is 30.3 Å². The predicted octanol–water partition coefficient (Wildman–Crippen LogP) is 2.90. The van der Waals surface area contributed by atoms with Crippen molar-refractivity contribution in [1.29, 1.82) is 0 Å². The molecule has 23 heavy (non-hydrogen) atoms. The summed E-state index contributed by atoms with van der Waals surface area (Å²) in [6.45, 7) is 4.69. The minimum absolute atomic E-state index is 0.00912. The number of urea groups is 1. The number of hydrogen-bond donors (Lipinski definition) is 2. The molecule has 0 saturated heterocycles. The number of aromatic nitrogens is 2. The zero-order chi connectivity index (χ0) is 16.4. The number of nitrogens with zero attached hydrogens (tertiary/aromatic N) is 2. The molecule has 2 N–H and O–H groups in total. The topological polar surface area (TPSA) is 61.0 Å². The van der Waals surface area contributed by atoms with Crippen LogP contribution in [0.4, 0.5) is 4.79 Å². The summed E-state index contributed by atoms with van der Waals surface area (Å²) in [6, 6.07) is 10.2. The standard InChI is InChI=1S/C18H24N4O/c1-13-16(14(2)21-20-13)9-12-22(3)17(23)19-18(10-11-18)15-7-5-4-6-8-15/h4-8H,9-12H2,1-3H3,(H,19,23)(H,20,21). The average molecular weight is 312 g/mol. The number of carbonyl (C=O) groups excluding carboxylic acids is 1. The third-order valence-electron chi connectivity index (χ3n) is 4.75. The zero-order valence-corrected chi connectivity index (χ0v) is 14.0. The smallest absolute Gasteiger partial charge is 0.317 e. The van der Waals surface area contributed by atoms with Crippen molar-refractivity contribution in [2.45, 2.75) is 38.6 Å². The lowest BCUT2D eigenvalue weighted by atomic mass is 10.1. The molecule has 0 unspecified atom stereocenters. The van der Waals surface area contributed by atoms with Crippen molar-refractivity contribution < 1.29 is 4.79 Å². The van der Waals surface area contributed by atoms with E-state index < -0.39 is 0 Å². The van der Waals surface area contributed by atoms with Crippen LogP contribution in [0.1, 0.15) is 35.4 Å². The highest BCUT2D eigenvalue weighted by Gasteiger charge is 2.45. The molecule has 1 heterocycles. The second-order valence-corrected chi connectivity index (χ2v) is 6.46. The third kappa shape index (κ3) is 3.23. The van der Waals surface area contributed by atoms with Gasteiger partial charge in [0, 0.05) is 19.3 Å². The molecule has 3 rings (SSSR count). The first-order chi connectivity index (χ1) is 11.0. The van der Waals surface area contributed by atoms with Gasteiger partial charge in [-0.25, -0.2) is 4.79 Å². The van der Waals surface area contributed by atoms with Crippen molar-refractivity contribution in [3.8, 4) is 0 Å². The van der Waals surface area contributed by atoms with Crippen LogP contribution in [-0.4, -0.2) is 34.7 Å². The quantitative estimate of drug-likeness (QED) is 0.892. The Morgan fingerprint density at radius 2 is 2.00 bits per heavy atom. The lowest BCUT2D eigenvalue weighted by Gasteiger charge is -2.23. The van der Waals surface area contributed by atoms with Crippen LogP contribution in [0.25, 0.3) is 0 Å². The summed E-state index contributed by atoms with van der Waals surface area (Å²) in [7, 11) is 1.85. The number of likely N-dealkylation sites (N-methyl/N-ethyl adjacent to an activating group) is 1. The maximum Gasteiger partial charge on any atom is 0.317 e. The van der Waals surface area contributed by atoms with Gasteiger partial charge in [0.25, 0.3) is 0 Å². The van der Waals surface area contributed by atoms with Crippen molar-refractivity contribution in [2.75, 3.05) is 13.6 Å². The second kappa shape index (κ2) is 6.07. The van der Waals surface area contributed by atoms with Crippen molar-refractivity contribution in [2.24, 2.45) is 0 Å². The molecule has 1 aliphatic rings. The molecule has 2 amide bonds. The maximum atomic E-state index is 12.5. The van der Waals surface area contributed by atoms with E-state index in [0.29, 0.717) is 6.54 Å². The first kappa shape index (κ1) is 15.6. The average Bonchev–Trinajstić information content (AvgIpc) is 3.27. The van der Waals surface area contributed by atoms with Gasteiger partial charge >= 0.3 is 6.03 Å². The molecular formula is C18H24N4O. The van der Waals surface area contributed by atoms with Gasteiger partial charge in [-0.3, -0.25) is 5.10 Å². The molecule has 2 aromatic rings. The number of aryl methyl sites for hydroxylation is 2. The van der Waals surface area contributed by atoms with E-state index in [0.717, 1.165) is 30.7 Å². The minimum atomic E-state index is -0.159. The molecule has 5 nitrogen and oxygen atoms in total. The van der Waals surface area contributed by atoms with E-state index in [1.807, 2.05) is 39.1 Å². The SMILES string of the molecule is Cc1n[nH]c(C)c1CCN(C)C(=O)NC1(c2ccccc2)CC1. The molecule has 0 spiro atoms. The van der Waals surface area contributed by atoms with Gasteiger partial charge < -0.3 is 10.2 Å². The van der Waals surface area contributed by atoms with E-state index in [-0.39, 0.29) is 11.6 Å². The summed E-state index contributed by atoms with van der Waals surface area (Å²) in [5, 5.41) is 10.4. The largest absolute Gasteiger partial charge is 0.328 e. The highest BCUT2D eigenvalue weighted by molar-refractivity contribution is 5.75. The van der Waals surface area contributed by atoms with Gasteiger partial charge in [-0.05, 0) is 44.2 Å². The summed E-state index contributed by atoms with van der Waals surface area (Å²) in [4.78, 5) is 14.3. The van der Waals surface area contributed by atoms with Crippen molar-refractivity contribution in [1.82, 2.24) is 20.4 Å². The Morgan fingerprint density at radius 1 is 1.30 bits per heavy atom. The fourth-order valence-corrected chi connectivity index (χ4v) is 2.99.